The van der Waals surface area contributed by atoms with Crippen LogP contribution < -0.4 is 8.92 Å². The average Bonchev–Trinajstić information content (AvgIpc) is 2.61. The quantitative estimate of drug-likeness (QED) is 0.308. The van der Waals surface area contributed by atoms with Gasteiger partial charge in [-0.2, -0.15) is 8.42 Å². The molecule has 2 rings (SSSR count). The van der Waals surface area contributed by atoms with Crippen LogP contribution in [0.25, 0.3) is 0 Å². The lowest BCUT2D eigenvalue weighted by Gasteiger charge is -2.39. The van der Waals surface area contributed by atoms with Crippen molar-refractivity contribution >= 4 is 15.9 Å². The van der Waals surface area contributed by atoms with Gasteiger partial charge in [-0.1, -0.05) is 13.8 Å². The Morgan fingerprint density at radius 2 is 1.79 bits per heavy atom. The molecule has 1 saturated heterocycles. The Balaban J connectivity index is 2.34. The predicted octanol–water partition coefficient (Wildman–Crippen LogP) is -0.568. The molecule has 1 fully saturated rings. The Labute approximate surface area is 168 Å². The maximum absolute atomic E-state index is 12.3. The number of rotatable bonds is 8. The van der Waals surface area contributed by atoms with Crippen molar-refractivity contribution < 1.29 is 47.3 Å². The van der Waals surface area contributed by atoms with Gasteiger partial charge >= 0.3 is 10.1 Å². The highest BCUT2D eigenvalue weighted by molar-refractivity contribution is 7.86. The molecule has 0 spiro atoms. The maximum atomic E-state index is 12.3. The minimum absolute atomic E-state index is 0.0896. The van der Waals surface area contributed by atoms with E-state index in [1.807, 2.05) is 13.8 Å². The van der Waals surface area contributed by atoms with E-state index in [9.17, 15) is 33.6 Å². The van der Waals surface area contributed by atoms with E-state index in [2.05, 4.69) is 0 Å². The third-order valence-corrected chi connectivity index (χ3v) is 4.67. The van der Waals surface area contributed by atoms with Crippen molar-refractivity contribution in [3.63, 3.8) is 0 Å². The van der Waals surface area contributed by atoms with E-state index in [4.69, 9.17) is 13.7 Å². The van der Waals surface area contributed by atoms with Crippen molar-refractivity contribution in [2.24, 2.45) is 5.92 Å². The molecular weight excluding hydrogens is 408 g/mol. The highest BCUT2D eigenvalue weighted by Gasteiger charge is 2.45. The van der Waals surface area contributed by atoms with Crippen LogP contribution in [0.3, 0.4) is 0 Å². The van der Waals surface area contributed by atoms with E-state index in [1.54, 1.807) is 0 Å². The van der Waals surface area contributed by atoms with Crippen LogP contribution >= 0.6 is 0 Å². The van der Waals surface area contributed by atoms with Crippen LogP contribution in [0.1, 0.15) is 30.6 Å². The van der Waals surface area contributed by atoms with Crippen molar-refractivity contribution in [2.75, 3.05) is 12.9 Å². The molecule has 10 nitrogen and oxygen atoms in total. The second-order valence-corrected chi connectivity index (χ2v) is 8.86. The lowest BCUT2D eigenvalue weighted by molar-refractivity contribution is -0.277. The molecule has 1 aliphatic rings. The first-order valence-corrected chi connectivity index (χ1v) is 10.8. The number of carbonyl (C=O) groups is 1. The summed E-state index contributed by atoms with van der Waals surface area (Å²) in [5, 5.41) is 39.0. The summed E-state index contributed by atoms with van der Waals surface area (Å²) in [5.74, 6) is -0.621. The summed E-state index contributed by atoms with van der Waals surface area (Å²) in [6.45, 7) is 3.07. The Morgan fingerprint density at radius 3 is 2.34 bits per heavy atom. The second-order valence-electron chi connectivity index (χ2n) is 7.29. The van der Waals surface area contributed by atoms with Crippen LogP contribution in [0, 0.1) is 5.92 Å². The van der Waals surface area contributed by atoms with E-state index < -0.39 is 47.4 Å². The third kappa shape index (κ3) is 6.11. The van der Waals surface area contributed by atoms with Crippen LogP contribution in [-0.4, -0.2) is 78.2 Å². The van der Waals surface area contributed by atoms with Gasteiger partial charge < -0.3 is 34.1 Å². The van der Waals surface area contributed by atoms with E-state index in [0.29, 0.717) is 0 Å². The SMILES string of the molecule is CC(C)CC(=O)c1ccc(O[C@@H]2O[C@H](CO)[C@H](O)[C@H](O)[C@H]2O)c(OS(C)(=O)=O)c1. The van der Waals surface area contributed by atoms with Gasteiger partial charge in [-0.3, -0.25) is 4.79 Å². The molecule has 1 aromatic rings. The fourth-order valence-electron chi connectivity index (χ4n) is 2.79. The molecule has 164 valence electrons. The minimum atomic E-state index is -3.98. The third-order valence-electron chi connectivity index (χ3n) is 4.19. The molecule has 4 N–H and O–H groups in total. The van der Waals surface area contributed by atoms with Gasteiger partial charge in [0.25, 0.3) is 0 Å². The number of ketones is 1. The minimum Gasteiger partial charge on any atom is -0.458 e. The highest BCUT2D eigenvalue weighted by atomic mass is 32.2. The lowest BCUT2D eigenvalue weighted by Crippen LogP contribution is -2.60. The van der Waals surface area contributed by atoms with Gasteiger partial charge in [-0.25, -0.2) is 0 Å². The lowest BCUT2D eigenvalue weighted by atomic mass is 9.99. The Morgan fingerprint density at radius 1 is 1.14 bits per heavy atom. The fraction of sp³-hybridized carbons (Fsp3) is 0.611. The summed E-state index contributed by atoms with van der Waals surface area (Å²) >= 11 is 0. The van der Waals surface area contributed by atoms with E-state index >= 15 is 0 Å². The van der Waals surface area contributed by atoms with Gasteiger partial charge in [0.05, 0.1) is 12.9 Å². The molecule has 0 radical (unpaired) electrons. The van der Waals surface area contributed by atoms with Crippen molar-refractivity contribution in [1.29, 1.82) is 0 Å². The smallest absolute Gasteiger partial charge is 0.306 e. The van der Waals surface area contributed by atoms with Crippen LogP contribution in [0.4, 0.5) is 0 Å². The summed E-state index contributed by atoms with van der Waals surface area (Å²) in [6, 6.07) is 3.87. The largest absolute Gasteiger partial charge is 0.458 e. The summed E-state index contributed by atoms with van der Waals surface area (Å²) in [5.41, 5.74) is 0.207. The van der Waals surface area contributed by atoms with Gasteiger partial charge in [-0.15, -0.1) is 0 Å². The molecule has 1 heterocycles. The van der Waals surface area contributed by atoms with Crippen molar-refractivity contribution in [3.8, 4) is 11.5 Å². The molecule has 1 aliphatic heterocycles. The molecule has 29 heavy (non-hydrogen) atoms. The first kappa shape index (κ1) is 23.5. The number of ether oxygens (including phenoxy) is 2. The molecule has 5 atom stereocenters. The summed E-state index contributed by atoms with van der Waals surface area (Å²) in [7, 11) is -3.98. The number of hydrogen-bond acceptors (Lipinski definition) is 10. The summed E-state index contributed by atoms with van der Waals surface area (Å²) in [4.78, 5) is 12.3. The second kappa shape index (κ2) is 9.37. The number of benzene rings is 1. The van der Waals surface area contributed by atoms with Gasteiger partial charge in [0.2, 0.25) is 6.29 Å². The van der Waals surface area contributed by atoms with Crippen LogP contribution in [-0.2, 0) is 14.9 Å². The zero-order chi connectivity index (χ0) is 21.9. The monoisotopic (exact) mass is 434 g/mol. The van der Waals surface area contributed by atoms with Gasteiger partial charge in [-0.05, 0) is 24.1 Å². The van der Waals surface area contributed by atoms with Crippen molar-refractivity contribution in [3.05, 3.63) is 23.8 Å². The standard InChI is InChI=1S/C18H26O10S/c1-9(2)6-11(20)10-4-5-12(13(7-10)28-29(3,24)25)26-18-17(23)16(22)15(21)14(8-19)27-18/h4-5,7,9,14-19,21-23H,6,8H2,1-3H3/t14-,15+,16+,17-,18-/m1/s1. The van der Waals surface area contributed by atoms with Crippen LogP contribution in [0.15, 0.2) is 18.2 Å². The molecule has 0 saturated carbocycles. The number of Topliss-reactive ketones (excluding diaryl/α,β-unsaturated/α-hetero) is 1. The zero-order valence-corrected chi connectivity index (χ0v) is 17.1. The van der Waals surface area contributed by atoms with E-state index in [1.165, 1.54) is 18.2 Å². The number of aliphatic hydroxyl groups excluding tert-OH is 4. The van der Waals surface area contributed by atoms with Crippen molar-refractivity contribution in [2.45, 2.75) is 51.0 Å². The molecule has 0 aliphatic carbocycles. The van der Waals surface area contributed by atoms with Gasteiger partial charge in [0.15, 0.2) is 17.3 Å². The molecular formula is C18H26O10S. The molecule has 0 bridgehead atoms. The Hall–Kier alpha value is -1.76. The Bertz CT molecular complexity index is 820. The molecule has 0 aromatic heterocycles. The highest BCUT2D eigenvalue weighted by Crippen LogP contribution is 2.33. The van der Waals surface area contributed by atoms with Crippen LogP contribution in [0.2, 0.25) is 0 Å². The predicted molar refractivity (Wildman–Crippen MR) is 100 cm³/mol. The summed E-state index contributed by atoms with van der Waals surface area (Å²) < 4.78 is 38.8. The maximum Gasteiger partial charge on any atom is 0.306 e. The van der Waals surface area contributed by atoms with E-state index in [0.717, 1.165) is 6.26 Å². The zero-order valence-electron chi connectivity index (χ0n) is 16.3. The first-order valence-electron chi connectivity index (χ1n) is 8.96. The van der Waals surface area contributed by atoms with Crippen molar-refractivity contribution in [1.82, 2.24) is 0 Å². The fourth-order valence-corrected chi connectivity index (χ4v) is 3.24. The topological polar surface area (TPSA) is 160 Å². The first-order chi connectivity index (χ1) is 13.4. The van der Waals surface area contributed by atoms with Gasteiger partial charge in [0.1, 0.15) is 24.4 Å². The number of hydrogen-bond donors (Lipinski definition) is 4. The molecule has 1 aromatic carbocycles. The normalized spacial score (nSPS) is 27.7. The molecule has 11 heteroatoms. The molecule has 0 unspecified atom stereocenters. The van der Waals surface area contributed by atoms with E-state index in [-0.39, 0.29) is 35.2 Å². The Kier molecular flexibility index (Phi) is 7.60. The molecule has 0 amide bonds. The number of carbonyl (C=O) groups excluding carboxylic acids is 1. The number of aliphatic hydroxyl groups is 4. The van der Waals surface area contributed by atoms with Gasteiger partial charge in [0, 0.05) is 12.0 Å². The average molecular weight is 434 g/mol. The van der Waals surface area contributed by atoms with Crippen LogP contribution in [0.5, 0.6) is 11.5 Å². The summed E-state index contributed by atoms with van der Waals surface area (Å²) in [6.07, 6.45) is -6.62.